The lowest BCUT2D eigenvalue weighted by Crippen LogP contribution is -2.40. The number of hydrogen-bond acceptors (Lipinski definition) is 6. The normalized spacial score (nSPS) is 16.0. The number of nitrogens with zero attached hydrogens (tertiary/aromatic N) is 4. The Morgan fingerprint density at radius 1 is 1.16 bits per heavy atom. The van der Waals surface area contributed by atoms with Crippen LogP contribution < -0.4 is 16.0 Å². The largest absolute Gasteiger partial charge is 0.457 e. The van der Waals surface area contributed by atoms with Crippen LogP contribution >= 0.6 is 0 Å². The van der Waals surface area contributed by atoms with Gasteiger partial charge in [0, 0.05) is 37.5 Å². The topological polar surface area (TPSA) is 109 Å². The molecule has 1 aliphatic heterocycles. The number of fused-ring (bicyclic) bond motifs is 1. The van der Waals surface area contributed by atoms with Crippen LogP contribution in [0.4, 0.5) is 5.82 Å². The quantitative estimate of drug-likeness (QED) is 0.362. The number of carbonyl (C=O) groups is 1. The molecule has 196 valence electrons. The summed E-state index contributed by atoms with van der Waals surface area (Å²) in [5.41, 5.74) is 8.17. The highest BCUT2D eigenvalue weighted by Crippen LogP contribution is 2.36. The van der Waals surface area contributed by atoms with Crippen LogP contribution in [0, 0.1) is 0 Å². The molecule has 0 radical (unpaired) electrons. The molecule has 1 atom stereocenters. The number of ether oxygens (including phenoxy) is 1. The number of likely N-dealkylation sites (N-methyl/N-ethyl adjacent to an activating group) is 1. The number of aromatic nitrogens is 3. The second-order valence-electron chi connectivity index (χ2n) is 9.80. The molecule has 5 rings (SSSR count). The third-order valence-electron chi connectivity index (χ3n) is 6.76. The molecule has 0 saturated carbocycles. The van der Waals surface area contributed by atoms with Crippen molar-refractivity contribution in [3.05, 3.63) is 83.3 Å². The molecule has 1 unspecified atom stereocenters. The molecule has 1 aliphatic rings. The number of carbonyl (C=O) groups excluding carboxylic acids is 1. The molecule has 0 spiro atoms. The van der Waals surface area contributed by atoms with Crippen molar-refractivity contribution in [3.8, 4) is 22.6 Å². The number of hydrogen-bond donors (Lipinski definition) is 2. The number of para-hydroxylation sites is 1. The molecular weight excluding hydrogens is 480 g/mol. The van der Waals surface area contributed by atoms with E-state index in [2.05, 4.69) is 10.2 Å². The number of likely N-dealkylation sites (tertiary alicyclic amines) is 1. The van der Waals surface area contributed by atoms with E-state index in [0.29, 0.717) is 36.3 Å². The van der Waals surface area contributed by atoms with E-state index in [1.54, 1.807) is 6.08 Å². The van der Waals surface area contributed by atoms with Crippen molar-refractivity contribution in [1.29, 1.82) is 0 Å². The summed E-state index contributed by atoms with van der Waals surface area (Å²) in [6, 6.07) is 17.2. The molecule has 0 aliphatic carbocycles. The monoisotopic (exact) mass is 512 g/mol. The second-order valence-corrected chi connectivity index (χ2v) is 9.80. The number of nitrogen functional groups attached to an aromatic ring is 1. The van der Waals surface area contributed by atoms with E-state index in [0.717, 1.165) is 29.7 Å². The number of rotatable bonds is 7. The first-order chi connectivity index (χ1) is 18.4. The van der Waals surface area contributed by atoms with E-state index in [4.69, 9.17) is 10.5 Å². The highest BCUT2D eigenvalue weighted by atomic mass is 16.5. The summed E-state index contributed by atoms with van der Waals surface area (Å²) < 4.78 is 7.90. The second kappa shape index (κ2) is 10.9. The number of anilines is 1. The van der Waals surface area contributed by atoms with E-state index in [-0.39, 0.29) is 23.3 Å². The van der Waals surface area contributed by atoms with Crippen LogP contribution in [0.2, 0.25) is 0 Å². The predicted octanol–water partition coefficient (Wildman–Crippen LogP) is 4.05. The van der Waals surface area contributed by atoms with Crippen molar-refractivity contribution in [3.63, 3.8) is 0 Å². The van der Waals surface area contributed by atoms with Crippen LogP contribution in [0.1, 0.15) is 18.9 Å². The molecule has 2 aromatic carbocycles. The van der Waals surface area contributed by atoms with Gasteiger partial charge in [0.05, 0.1) is 11.4 Å². The third kappa shape index (κ3) is 5.33. The molecule has 2 aromatic heterocycles. The zero-order valence-corrected chi connectivity index (χ0v) is 21.6. The molecular formula is C29H32N6O3. The van der Waals surface area contributed by atoms with Crippen molar-refractivity contribution in [2.45, 2.75) is 18.9 Å². The van der Waals surface area contributed by atoms with Crippen LogP contribution in [-0.2, 0) is 4.79 Å². The maximum Gasteiger partial charge on any atom is 0.288 e. The van der Waals surface area contributed by atoms with Crippen molar-refractivity contribution in [2.75, 3.05) is 39.5 Å². The first-order valence-electron chi connectivity index (χ1n) is 12.7. The Morgan fingerprint density at radius 3 is 2.63 bits per heavy atom. The molecule has 9 heteroatoms. The summed E-state index contributed by atoms with van der Waals surface area (Å²) >= 11 is 0. The third-order valence-corrected chi connectivity index (χ3v) is 6.76. The molecule has 1 fully saturated rings. The fourth-order valence-electron chi connectivity index (χ4n) is 4.92. The standard InChI is InChI=1S/C29H32N6O3/c1-33(2)16-7-11-25(36)34-17-6-8-21(18-34)35-19-24(26-27(35)29(37)32-31-28(26)30)20-12-14-23(15-13-20)38-22-9-4-3-5-10-22/h3-5,7,9-15,19,21H,6,8,16-18H2,1-2H3,(H2,30,31)(H,32,37). The molecule has 3 heterocycles. The lowest BCUT2D eigenvalue weighted by atomic mass is 10.1. The number of amides is 1. The van der Waals surface area contributed by atoms with Gasteiger partial charge >= 0.3 is 0 Å². The van der Waals surface area contributed by atoms with Gasteiger partial charge in [0.25, 0.3) is 5.56 Å². The molecule has 1 amide bonds. The first kappa shape index (κ1) is 25.3. The zero-order chi connectivity index (χ0) is 26.6. The number of benzene rings is 2. The fourth-order valence-corrected chi connectivity index (χ4v) is 4.92. The van der Waals surface area contributed by atoms with Crippen LogP contribution in [0.15, 0.2) is 77.7 Å². The van der Waals surface area contributed by atoms with Crippen molar-refractivity contribution < 1.29 is 9.53 Å². The van der Waals surface area contributed by atoms with E-state index >= 15 is 0 Å². The Balaban J connectivity index is 1.46. The Labute approximate surface area is 221 Å². The summed E-state index contributed by atoms with van der Waals surface area (Å²) in [5.74, 6) is 1.70. The zero-order valence-electron chi connectivity index (χ0n) is 21.6. The Kier molecular flexibility index (Phi) is 7.28. The van der Waals surface area contributed by atoms with Crippen molar-refractivity contribution >= 4 is 22.6 Å². The van der Waals surface area contributed by atoms with Gasteiger partial charge in [0.1, 0.15) is 17.0 Å². The van der Waals surface area contributed by atoms with Gasteiger partial charge in [-0.1, -0.05) is 36.4 Å². The molecule has 9 nitrogen and oxygen atoms in total. The summed E-state index contributed by atoms with van der Waals surface area (Å²) in [4.78, 5) is 29.7. The number of piperidine rings is 1. The molecule has 38 heavy (non-hydrogen) atoms. The number of nitrogens with two attached hydrogens (primary N) is 1. The van der Waals surface area contributed by atoms with E-state index in [1.807, 2.05) is 95.3 Å². The minimum atomic E-state index is -0.307. The number of aromatic amines is 1. The van der Waals surface area contributed by atoms with Gasteiger partial charge in [-0.2, -0.15) is 5.10 Å². The molecule has 0 bridgehead atoms. The van der Waals surface area contributed by atoms with Crippen LogP contribution in [0.25, 0.3) is 22.0 Å². The van der Waals surface area contributed by atoms with Gasteiger partial charge in [0.15, 0.2) is 5.82 Å². The van der Waals surface area contributed by atoms with Gasteiger partial charge in [-0.3, -0.25) is 9.59 Å². The average Bonchev–Trinajstić information content (AvgIpc) is 3.34. The lowest BCUT2D eigenvalue weighted by Gasteiger charge is -2.33. The van der Waals surface area contributed by atoms with Crippen LogP contribution in [0.5, 0.6) is 11.5 Å². The molecule has 4 aromatic rings. The molecule has 1 saturated heterocycles. The number of H-pyrrole nitrogens is 1. The minimum Gasteiger partial charge on any atom is -0.457 e. The maximum absolute atomic E-state index is 13.0. The van der Waals surface area contributed by atoms with Gasteiger partial charge in [-0.05, 0) is 56.8 Å². The summed E-state index contributed by atoms with van der Waals surface area (Å²) in [6.07, 6.45) is 7.16. The summed E-state index contributed by atoms with van der Waals surface area (Å²) in [6.45, 7) is 1.90. The fraction of sp³-hybridized carbons (Fsp3) is 0.276. The van der Waals surface area contributed by atoms with Crippen LogP contribution in [0.3, 0.4) is 0 Å². The predicted molar refractivity (Wildman–Crippen MR) is 149 cm³/mol. The minimum absolute atomic E-state index is 0.0164. The number of nitrogens with one attached hydrogen (secondary N) is 1. The highest BCUT2D eigenvalue weighted by Gasteiger charge is 2.27. The van der Waals surface area contributed by atoms with Crippen LogP contribution in [-0.4, -0.2) is 64.2 Å². The smallest absolute Gasteiger partial charge is 0.288 e. The van der Waals surface area contributed by atoms with Gasteiger partial charge < -0.3 is 24.8 Å². The first-order valence-corrected chi connectivity index (χ1v) is 12.7. The van der Waals surface area contributed by atoms with E-state index < -0.39 is 0 Å². The SMILES string of the molecule is CN(C)CC=CC(=O)N1CCCC(n2cc(-c3ccc(Oc4ccccc4)cc3)c3c(N)n[nH]c(=O)c32)C1. The average molecular weight is 513 g/mol. The Bertz CT molecular complexity index is 1510. The van der Waals surface area contributed by atoms with E-state index in [1.165, 1.54) is 0 Å². The molecule has 3 N–H and O–H groups in total. The van der Waals surface area contributed by atoms with Gasteiger partial charge in [-0.15, -0.1) is 0 Å². The Hall–Kier alpha value is -4.37. The van der Waals surface area contributed by atoms with Gasteiger partial charge in [0.2, 0.25) is 5.91 Å². The highest BCUT2D eigenvalue weighted by molar-refractivity contribution is 6.02. The maximum atomic E-state index is 13.0. The summed E-state index contributed by atoms with van der Waals surface area (Å²) in [5, 5.41) is 7.18. The summed E-state index contributed by atoms with van der Waals surface area (Å²) in [7, 11) is 3.92. The van der Waals surface area contributed by atoms with Crippen molar-refractivity contribution in [2.24, 2.45) is 0 Å². The van der Waals surface area contributed by atoms with Crippen molar-refractivity contribution in [1.82, 2.24) is 24.6 Å². The van der Waals surface area contributed by atoms with Gasteiger partial charge in [-0.25, -0.2) is 5.10 Å². The Morgan fingerprint density at radius 2 is 1.89 bits per heavy atom. The van der Waals surface area contributed by atoms with E-state index in [9.17, 15) is 9.59 Å². The lowest BCUT2D eigenvalue weighted by molar-refractivity contribution is -0.127.